The van der Waals surface area contributed by atoms with E-state index in [9.17, 15) is 4.79 Å². The van der Waals surface area contributed by atoms with E-state index >= 15 is 0 Å². The average Bonchev–Trinajstić information content (AvgIpc) is 3.14. The van der Waals surface area contributed by atoms with Crippen molar-refractivity contribution in [2.24, 2.45) is 5.92 Å². The monoisotopic (exact) mass is 254 g/mol. The van der Waals surface area contributed by atoms with Crippen LogP contribution in [0.25, 0.3) is 11.0 Å². The van der Waals surface area contributed by atoms with Crippen molar-refractivity contribution < 1.29 is 4.79 Å². The van der Waals surface area contributed by atoms with Gasteiger partial charge in [-0.05, 0) is 24.5 Å². The lowest BCUT2D eigenvalue weighted by Gasteiger charge is -2.23. The van der Waals surface area contributed by atoms with E-state index in [1.807, 2.05) is 29.2 Å². The van der Waals surface area contributed by atoms with E-state index in [0.717, 1.165) is 24.0 Å². The van der Waals surface area contributed by atoms with Crippen molar-refractivity contribution in [2.45, 2.75) is 19.0 Å². The number of fused-ring (bicyclic) bond motifs is 3. The Kier molecular flexibility index (Phi) is 2.21. The maximum absolute atomic E-state index is 12.3. The molecule has 1 aromatic heterocycles. The minimum atomic E-state index is 0.132. The van der Waals surface area contributed by atoms with Crippen LogP contribution in [0.3, 0.4) is 0 Å². The number of hydrogen-bond donors (Lipinski definition) is 0. The molecule has 96 valence electrons. The summed E-state index contributed by atoms with van der Waals surface area (Å²) in [7, 11) is 0. The molecule has 0 radical (unpaired) electrons. The molecule has 2 bridgehead atoms. The number of carbonyl (C=O) groups excluding carboxylic acids is 1. The third kappa shape index (κ3) is 1.65. The van der Waals surface area contributed by atoms with E-state index in [1.165, 1.54) is 0 Å². The first kappa shape index (κ1) is 10.7. The Morgan fingerprint density at radius 2 is 2.21 bits per heavy atom. The second-order valence-electron chi connectivity index (χ2n) is 5.23. The third-order valence-electron chi connectivity index (χ3n) is 4.01. The second kappa shape index (κ2) is 3.91. The van der Waals surface area contributed by atoms with Gasteiger partial charge in [0.15, 0.2) is 0 Å². The van der Waals surface area contributed by atoms with Gasteiger partial charge >= 0.3 is 0 Å². The molecule has 1 fully saturated rings. The van der Waals surface area contributed by atoms with Gasteiger partial charge in [-0.15, -0.1) is 5.10 Å². The van der Waals surface area contributed by atoms with Crippen LogP contribution in [0.2, 0.25) is 0 Å². The maximum Gasteiger partial charge on any atom is 0.244 e. The highest BCUT2D eigenvalue weighted by molar-refractivity contribution is 5.80. The van der Waals surface area contributed by atoms with E-state index in [-0.39, 0.29) is 12.5 Å². The number of para-hydroxylation sites is 1. The summed E-state index contributed by atoms with van der Waals surface area (Å²) in [5, 5.41) is 8.14. The van der Waals surface area contributed by atoms with Crippen LogP contribution in [0.4, 0.5) is 0 Å². The van der Waals surface area contributed by atoms with Crippen LogP contribution in [-0.4, -0.2) is 38.4 Å². The molecule has 2 aromatic rings. The van der Waals surface area contributed by atoms with Crippen LogP contribution in [0.1, 0.15) is 6.42 Å². The average molecular weight is 254 g/mol. The van der Waals surface area contributed by atoms with Crippen molar-refractivity contribution in [2.75, 3.05) is 6.54 Å². The Morgan fingerprint density at radius 1 is 1.32 bits per heavy atom. The zero-order chi connectivity index (χ0) is 12.8. The van der Waals surface area contributed by atoms with Crippen LogP contribution in [0.5, 0.6) is 0 Å². The summed E-state index contributed by atoms with van der Waals surface area (Å²) in [6, 6.07) is 8.01. The molecule has 1 aliphatic heterocycles. The Balaban J connectivity index is 1.58. The molecule has 1 amide bonds. The predicted octanol–water partition coefficient (Wildman–Crippen LogP) is 1.22. The number of amides is 1. The van der Waals surface area contributed by atoms with Gasteiger partial charge in [0.2, 0.25) is 5.91 Å². The van der Waals surface area contributed by atoms with Crippen LogP contribution in [-0.2, 0) is 11.3 Å². The molecule has 4 rings (SSSR count). The minimum absolute atomic E-state index is 0.132. The zero-order valence-electron chi connectivity index (χ0n) is 10.4. The Bertz CT molecular complexity index is 675. The molecular formula is C14H14N4O. The van der Waals surface area contributed by atoms with Gasteiger partial charge in [0, 0.05) is 6.54 Å². The first-order valence-electron chi connectivity index (χ1n) is 6.57. The van der Waals surface area contributed by atoms with Gasteiger partial charge < -0.3 is 4.90 Å². The molecule has 5 nitrogen and oxygen atoms in total. The number of hydrogen-bond acceptors (Lipinski definition) is 3. The van der Waals surface area contributed by atoms with Gasteiger partial charge in [0.25, 0.3) is 0 Å². The van der Waals surface area contributed by atoms with Gasteiger partial charge in [-0.25, -0.2) is 4.68 Å². The van der Waals surface area contributed by atoms with Crippen LogP contribution < -0.4 is 0 Å². The van der Waals surface area contributed by atoms with Gasteiger partial charge in [-0.2, -0.15) is 0 Å². The van der Waals surface area contributed by atoms with E-state index in [0.29, 0.717) is 12.0 Å². The SMILES string of the molecule is O=C(Cn1nnc2ccccc21)N1CC2C=CC1C2. The van der Waals surface area contributed by atoms with Crippen molar-refractivity contribution in [3.8, 4) is 0 Å². The summed E-state index contributed by atoms with van der Waals surface area (Å²) < 4.78 is 1.69. The largest absolute Gasteiger partial charge is 0.334 e. The minimum Gasteiger partial charge on any atom is -0.334 e. The van der Waals surface area contributed by atoms with Gasteiger partial charge in [0.1, 0.15) is 12.1 Å². The molecule has 1 aliphatic carbocycles. The molecule has 0 spiro atoms. The van der Waals surface area contributed by atoms with Crippen molar-refractivity contribution in [1.82, 2.24) is 19.9 Å². The quantitative estimate of drug-likeness (QED) is 0.757. The third-order valence-corrected chi connectivity index (χ3v) is 4.01. The molecule has 2 atom stereocenters. The Hall–Kier alpha value is -2.17. The number of carbonyl (C=O) groups is 1. The van der Waals surface area contributed by atoms with E-state index in [4.69, 9.17) is 0 Å². The highest BCUT2D eigenvalue weighted by Crippen LogP contribution is 2.31. The summed E-state index contributed by atoms with van der Waals surface area (Å²) in [4.78, 5) is 14.3. The molecule has 2 heterocycles. The molecule has 19 heavy (non-hydrogen) atoms. The normalized spacial score (nSPS) is 24.5. The summed E-state index contributed by atoms with van der Waals surface area (Å²) in [5.74, 6) is 0.689. The summed E-state index contributed by atoms with van der Waals surface area (Å²) in [5.41, 5.74) is 1.74. The zero-order valence-corrected chi connectivity index (χ0v) is 10.4. The van der Waals surface area contributed by atoms with Gasteiger partial charge in [-0.1, -0.05) is 29.5 Å². The molecule has 2 unspecified atom stereocenters. The van der Waals surface area contributed by atoms with Gasteiger partial charge in [0.05, 0.1) is 11.6 Å². The van der Waals surface area contributed by atoms with Crippen molar-refractivity contribution >= 4 is 16.9 Å². The highest BCUT2D eigenvalue weighted by atomic mass is 16.2. The summed E-state index contributed by atoms with van der Waals surface area (Å²) in [6.45, 7) is 1.13. The van der Waals surface area contributed by atoms with Crippen LogP contribution in [0, 0.1) is 5.92 Å². The standard InChI is InChI=1S/C14H14N4O/c19-14(17-8-10-5-6-11(17)7-10)9-18-13-4-2-1-3-12(13)15-16-18/h1-6,10-11H,7-9H2. The number of likely N-dealkylation sites (tertiary alicyclic amines) is 1. The summed E-state index contributed by atoms with van der Waals surface area (Å²) >= 11 is 0. The Morgan fingerprint density at radius 3 is 3.00 bits per heavy atom. The molecule has 2 aliphatic rings. The first-order chi connectivity index (χ1) is 9.31. The number of rotatable bonds is 2. The number of nitrogens with zero attached hydrogens (tertiary/aromatic N) is 4. The highest BCUT2D eigenvalue weighted by Gasteiger charge is 2.36. The fourth-order valence-corrected chi connectivity index (χ4v) is 3.05. The lowest BCUT2D eigenvalue weighted by molar-refractivity contribution is -0.132. The fourth-order valence-electron chi connectivity index (χ4n) is 3.05. The van der Waals surface area contributed by atoms with E-state index in [1.54, 1.807) is 4.68 Å². The van der Waals surface area contributed by atoms with Gasteiger partial charge in [-0.3, -0.25) is 4.79 Å². The predicted molar refractivity (Wildman–Crippen MR) is 70.3 cm³/mol. The molecule has 1 saturated heterocycles. The second-order valence-corrected chi connectivity index (χ2v) is 5.23. The smallest absolute Gasteiger partial charge is 0.244 e. The molecule has 0 saturated carbocycles. The van der Waals surface area contributed by atoms with Crippen LogP contribution in [0.15, 0.2) is 36.4 Å². The van der Waals surface area contributed by atoms with E-state index < -0.39 is 0 Å². The van der Waals surface area contributed by atoms with E-state index in [2.05, 4.69) is 22.5 Å². The van der Waals surface area contributed by atoms with Crippen LogP contribution >= 0.6 is 0 Å². The molecule has 5 heteroatoms. The maximum atomic E-state index is 12.3. The molecule has 0 N–H and O–H groups in total. The lowest BCUT2D eigenvalue weighted by atomic mass is 10.2. The van der Waals surface area contributed by atoms with Crippen molar-refractivity contribution in [3.05, 3.63) is 36.4 Å². The topological polar surface area (TPSA) is 51.0 Å². The molecular weight excluding hydrogens is 240 g/mol. The number of aromatic nitrogens is 3. The Labute approximate surface area is 110 Å². The molecule has 1 aromatic carbocycles. The lowest BCUT2D eigenvalue weighted by Crippen LogP contribution is -2.38. The fraction of sp³-hybridized carbons (Fsp3) is 0.357. The van der Waals surface area contributed by atoms with Crippen molar-refractivity contribution in [3.63, 3.8) is 0 Å². The summed E-state index contributed by atoms with van der Waals surface area (Å²) in [6.07, 6.45) is 5.45. The number of benzene rings is 1. The van der Waals surface area contributed by atoms with Crippen molar-refractivity contribution in [1.29, 1.82) is 0 Å². The first-order valence-corrected chi connectivity index (χ1v) is 6.57.